The molecule has 0 spiro atoms. The monoisotopic (exact) mass is 393 g/mol. The highest BCUT2D eigenvalue weighted by atomic mass is 16.6. The first-order valence-electron chi connectivity index (χ1n) is 10.3. The van der Waals surface area contributed by atoms with Gasteiger partial charge in [-0.2, -0.15) is 0 Å². The molecule has 0 amide bonds. The van der Waals surface area contributed by atoms with E-state index in [1.54, 1.807) is 4.57 Å². The SMILES string of the molecule is [B]c1ccc2c(c1)c1cc3c(cc1n2C(=O)OC(C)(C)C)C(C)(C)c1ccccc1-3. The summed E-state index contributed by atoms with van der Waals surface area (Å²) < 4.78 is 7.44. The standard InChI is InChI=1S/C26H24BNO2/c1-25(2,3)30-24(29)28-22-11-10-15(27)12-18(22)19-13-17-16-8-6-7-9-20(16)26(4,5)21(17)14-23(19)28/h6-14H,1-5H3. The molecule has 1 aliphatic carbocycles. The molecule has 4 aromatic rings. The van der Waals surface area contributed by atoms with Crippen LogP contribution in [0.25, 0.3) is 32.9 Å². The predicted octanol–water partition coefficient (Wildman–Crippen LogP) is 5.68. The fourth-order valence-corrected chi connectivity index (χ4v) is 4.74. The van der Waals surface area contributed by atoms with Crippen LogP contribution >= 0.6 is 0 Å². The number of rotatable bonds is 0. The van der Waals surface area contributed by atoms with Gasteiger partial charge in [-0.15, -0.1) is 0 Å². The molecule has 0 unspecified atom stereocenters. The smallest absolute Gasteiger partial charge is 0.419 e. The largest absolute Gasteiger partial charge is 0.443 e. The Hall–Kier alpha value is -3.01. The Kier molecular flexibility index (Phi) is 3.80. The van der Waals surface area contributed by atoms with Crippen molar-refractivity contribution in [2.75, 3.05) is 0 Å². The van der Waals surface area contributed by atoms with Crippen LogP contribution in [0.2, 0.25) is 0 Å². The first kappa shape index (κ1) is 19.0. The minimum absolute atomic E-state index is 0.144. The number of carbonyl (C=O) groups is 1. The zero-order valence-electron chi connectivity index (χ0n) is 18.0. The van der Waals surface area contributed by atoms with Crippen molar-refractivity contribution in [3.8, 4) is 11.1 Å². The lowest BCUT2D eigenvalue weighted by molar-refractivity contribution is 0.0551. The van der Waals surface area contributed by atoms with Crippen LogP contribution in [0.5, 0.6) is 0 Å². The van der Waals surface area contributed by atoms with Crippen LogP contribution in [0.4, 0.5) is 4.79 Å². The minimum atomic E-state index is -0.583. The maximum Gasteiger partial charge on any atom is 0.419 e. The quantitative estimate of drug-likeness (QED) is 0.360. The van der Waals surface area contributed by atoms with Crippen LogP contribution in [0, 0.1) is 0 Å². The highest BCUT2D eigenvalue weighted by molar-refractivity contribution is 6.34. The normalized spacial score (nSPS) is 14.7. The van der Waals surface area contributed by atoms with Gasteiger partial charge in [0.2, 0.25) is 0 Å². The number of aromatic nitrogens is 1. The number of nitrogens with zero attached hydrogens (tertiary/aromatic N) is 1. The topological polar surface area (TPSA) is 31.2 Å². The van der Waals surface area contributed by atoms with Crippen LogP contribution in [0.15, 0.2) is 54.6 Å². The molecule has 3 nitrogen and oxygen atoms in total. The molecule has 0 bridgehead atoms. The number of benzene rings is 3. The van der Waals surface area contributed by atoms with E-state index in [-0.39, 0.29) is 11.5 Å². The van der Waals surface area contributed by atoms with Gasteiger partial charge in [0, 0.05) is 16.2 Å². The third kappa shape index (κ3) is 2.63. The fourth-order valence-electron chi connectivity index (χ4n) is 4.74. The maximum absolute atomic E-state index is 13.2. The number of ether oxygens (including phenoxy) is 1. The van der Waals surface area contributed by atoms with E-state index in [0.29, 0.717) is 5.46 Å². The Morgan fingerprint density at radius 2 is 1.60 bits per heavy atom. The Labute approximate surface area is 178 Å². The Morgan fingerprint density at radius 1 is 0.900 bits per heavy atom. The van der Waals surface area contributed by atoms with Gasteiger partial charge in [0.05, 0.1) is 11.0 Å². The van der Waals surface area contributed by atoms with Crippen LogP contribution in [0.1, 0.15) is 45.7 Å². The number of hydrogen-bond donors (Lipinski definition) is 0. The van der Waals surface area contributed by atoms with Gasteiger partial charge in [-0.1, -0.05) is 55.7 Å². The Bertz CT molecular complexity index is 1360. The second-order valence-corrected chi connectivity index (χ2v) is 9.68. The molecule has 0 saturated carbocycles. The second-order valence-electron chi connectivity index (χ2n) is 9.68. The van der Waals surface area contributed by atoms with Crippen molar-refractivity contribution in [2.24, 2.45) is 0 Å². The summed E-state index contributed by atoms with van der Waals surface area (Å²) in [7, 11) is 6.11. The van der Waals surface area contributed by atoms with Crippen molar-refractivity contribution in [2.45, 2.75) is 45.6 Å². The van der Waals surface area contributed by atoms with Crippen LogP contribution < -0.4 is 5.46 Å². The van der Waals surface area contributed by atoms with Gasteiger partial charge in [-0.3, -0.25) is 0 Å². The molecule has 0 atom stereocenters. The lowest BCUT2D eigenvalue weighted by atomic mass is 9.82. The first-order chi connectivity index (χ1) is 14.1. The van der Waals surface area contributed by atoms with Gasteiger partial charge in [0.1, 0.15) is 13.4 Å². The summed E-state index contributed by atoms with van der Waals surface area (Å²) in [4.78, 5) is 13.2. The molecule has 0 aliphatic heterocycles. The van der Waals surface area contributed by atoms with Gasteiger partial charge in [0.15, 0.2) is 0 Å². The van der Waals surface area contributed by atoms with Crippen molar-refractivity contribution in [3.05, 3.63) is 65.7 Å². The summed E-state index contributed by atoms with van der Waals surface area (Å²) in [6, 6.07) is 18.6. The third-order valence-electron chi connectivity index (χ3n) is 6.07. The zero-order chi connectivity index (χ0) is 21.4. The van der Waals surface area contributed by atoms with Gasteiger partial charge >= 0.3 is 6.09 Å². The van der Waals surface area contributed by atoms with Crippen LogP contribution in [-0.4, -0.2) is 24.1 Å². The van der Waals surface area contributed by atoms with Gasteiger partial charge < -0.3 is 4.74 Å². The van der Waals surface area contributed by atoms with E-state index < -0.39 is 5.60 Å². The van der Waals surface area contributed by atoms with Crippen molar-refractivity contribution in [1.82, 2.24) is 4.57 Å². The summed E-state index contributed by atoms with van der Waals surface area (Å²) in [6.07, 6.45) is -0.375. The first-order valence-corrected chi connectivity index (χ1v) is 10.3. The highest BCUT2D eigenvalue weighted by Crippen LogP contribution is 2.50. The average molecular weight is 393 g/mol. The van der Waals surface area contributed by atoms with E-state index >= 15 is 0 Å². The van der Waals surface area contributed by atoms with Crippen molar-refractivity contribution in [3.63, 3.8) is 0 Å². The number of hydrogen-bond acceptors (Lipinski definition) is 2. The predicted molar refractivity (Wildman–Crippen MR) is 124 cm³/mol. The molecule has 0 N–H and O–H groups in total. The van der Waals surface area contributed by atoms with E-state index in [1.165, 1.54) is 22.3 Å². The second kappa shape index (κ2) is 6.01. The molecule has 1 aromatic heterocycles. The number of fused-ring (bicyclic) bond motifs is 6. The molecule has 1 aliphatic rings. The van der Waals surface area contributed by atoms with Crippen molar-refractivity contribution >= 4 is 41.2 Å². The maximum atomic E-state index is 13.2. The summed E-state index contributed by atoms with van der Waals surface area (Å²) in [5.41, 5.74) is 6.60. The van der Waals surface area contributed by atoms with E-state index in [2.05, 4.69) is 50.2 Å². The summed E-state index contributed by atoms with van der Waals surface area (Å²) in [5.74, 6) is 0. The van der Waals surface area contributed by atoms with E-state index in [4.69, 9.17) is 12.6 Å². The van der Waals surface area contributed by atoms with Gasteiger partial charge in [-0.05, 0) is 61.2 Å². The van der Waals surface area contributed by atoms with Crippen molar-refractivity contribution in [1.29, 1.82) is 0 Å². The molecule has 3 aromatic carbocycles. The molecule has 0 saturated heterocycles. The summed E-state index contributed by atoms with van der Waals surface area (Å²) in [5, 5.41) is 1.97. The summed E-state index contributed by atoms with van der Waals surface area (Å²) >= 11 is 0. The molecule has 148 valence electrons. The Balaban J connectivity index is 1.88. The van der Waals surface area contributed by atoms with Crippen LogP contribution in [-0.2, 0) is 10.2 Å². The third-order valence-corrected chi connectivity index (χ3v) is 6.07. The molecular formula is C26H24BNO2. The molecule has 2 radical (unpaired) electrons. The lowest BCUT2D eigenvalue weighted by Gasteiger charge is -2.22. The molecule has 30 heavy (non-hydrogen) atoms. The molecule has 0 fully saturated rings. The highest BCUT2D eigenvalue weighted by Gasteiger charge is 2.36. The van der Waals surface area contributed by atoms with Gasteiger partial charge in [0.25, 0.3) is 0 Å². The minimum Gasteiger partial charge on any atom is -0.443 e. The van der Waals surface area contributed by atoms with Crippen molar-refractivity contribution < 1.29 is 9.53 Å². The average Bonchev–Trinajstić information content (AvgIpc) is 3.09. The zero-order valence-corrected chi connectivity index (χ0v) is 18.0. The molecule has 1 heterocycles. The van der Waals surface area contributed by atoms with E-state index in [9.17, 15) is 4.79 Å². The molecule has 5 rings (SSSR count). The Morgan fingerprint density at radius 3 is 2.33 bits per heavy atom. The van der Waals surface area contributed by atoms with E-state index in [1.807, 2.05) is 39.0 Å². The lowest BCUT2D eigenvalue weighted by Crippen LogP contribution is -2.27. The summed E-state index contributed by atoms with van der Waals surface area (Å²) in [6.45, 7) is 10.1. The van der Waals surface area contributed by atoms with Gasteiger partial charge in [-0.25, -0.2) is 9.36 Å². The molecular weight excluding hydrogens is 369 g/mol. The van der Waals surface area contributed by atoms with Crippen LogP contribution in [0.3, 0.4) is 0 Å². The number of carbonyl (C=O) groups excluding carboxylic acids is 1. The fraction of sp³-hybridized carbons (Fsp3) is 0.269. The van der Waals surface area contributed by atoms with E-state index in [0.717, 1.165) is 21.8 Å². The molecule has 4 heteroatoms.